The summed E-state index contributed by atoms with van der Waals surface area (Å²) in [5.74, 6) is -0.596. The smallest absolute Gasteiger partial charge is 0.242 e. The second kappa shape index (κ2) is 5.97. The van der Waals surface area contributed by atoms with Crippen LogP contribution in [0.5, 0.6) is 0 Å². The number of nitrogens with two attached hydrogens (primary N) is 1. The molecular weight excluding hydrogens is 351 g/mol. The second-order valence-electron chi connectivity index (χ2n) is 4.79. The lowest BCUT2D eigenvalue weighted by Crippen LogP contribution is -2.33. The highest BCUT2D eigenvalue weighted by molar-refractivity contribution is 9.10. The van der Waals surface area contributed by atoms with Gasteiger partial charge in [-0.2, -0.15) is 0 Å². The van der Waals surface area contributed by atoms with E-state index >= 15 is 0 Å². The Labute approximate surface area is 125 Å². The maximum Gasteiger partial charge on any atom is 0.242 e. The highest BCUT2D eigenvalue weighted by atomic mass is 79.9. The normalized spacial score (nSPS) is 23.1. The lowest BCUT2D eigenvalue weighted by Gasteiger charge is -2.15. The van der Waals surface area contributed by atoms with Gasteiger partial charge in [-0.3, -0.25) is 0 Å². The number of nitrogens with one attached hydrogen (secondary N) is 1. The number of anilines is 1. The maximum absolute atomic E-state index is 13.3. The van der Waals surface area contributed by atoms with Crippen LogP contribution < -0.4 is 10.5 Å². The summed E-state index contributed by atoms with van der Waals surface area (Å²) < 4.78 is 45.7. The zero-order chi connectivity index (χ0) is 14.9. The summed E-state index contributed by atoms with van der Waals surface area (Å²) in [6, 6.07) is 1.98. The molecule has 0 saturated heterocycles. The Morgan fingerprint density at radius 1 is 1.45 bits per heavy atom. The van der Waals surface area contributed by atoms with E-state index in [0.717, 1.165) is 12.5 Å². The van der Waals surface area contributed by atoms with Crippen LogP contribution in [-0.4, -0.2) is 27.7 Å². The van der Waals surface area contributed by atoms with Gasteiger partial charge in [0, 0.05) is 13.2 Å². The summed E-state index contributed by atoms with van der Waals surface area (Å²) in [6.45, 7) is 0. The van der Waals surface area contributed by atoms with E-state index in [-0.39, 0.29) is 27.2 Å². The zero-order valence-electron chi connectivity index (χ0n) is 10.9. The first-order valence-electron chi connectivity index (χ1n) is 6.13. The molecule has 20 heavy (non-hydrogen) atoms. The minimum Gasteiger partial charge on any atom is -0.398 e. The average molecular weight is 367 g/mol. The van der Waals surface area contributed by atoms with Crippen molar-refractivity contribution in [1.82, 2.24) is 4.72 Å². The number of hydrogen-bond donors (Lipinski definition) is 2. The molecule has 8 heteroatoms. The molecule has 0 aliphatic heterocycles. The molecule has 1 aliphatic carbocycles. The van der Waals surface area contributed by atoms with Crippen molar-refractivity contribution >= 4 is 31.6 Å². The molecule has 1 aliphatic rings. The van der Waals surface area contributed by atoms with Crippen molar-refractivity contribution in [3.8, 4) is 0 Å². The van der Waals surface area contributed by atoms with Crippen LogP contribution >= 0.6 is 15.9 Å². The van der Waals surface area contributed by atoms with Gasteiger partial charge >= 0.3 is 0 Å². The van der Waals surface area contributed by atoms with Gasteiger partial charge in [0.05, 0.1) is 16.3 Å². The minimum absolute atomic E-state index is 0.0632. The molecule has 3 N–H and O–H groups in total. The first-order valence-corrected chi connectivity index (χ1v) is 8.40. The Hall–Kier alpha value is -0.700. The maximum atomic E-state index is 13.3. The molecule has 1 fully saturated rings. The Balaban J connectivity index is 2.21. The molecular formula is C12H16BrFN2O3S. The van der Waals surface area contributed by atoms with E-state index in [2.05, 4.69) is 20.7 Å². The van der Waals surface area contributed by atoms with Crippen LogP contribution in [0.2, 0.25) is 0 Å². The standard InChI is InChI=1S/C12H16BrFN2O3S/c1-19-8-3-2-7(4-8)16-20(17,18)12-5-9(13)10(14)6-11(12)15/h5-8,16H,2-4,15H2,1H3. The average Bonchev–Trinajstić information content (AvgIpc) is 2.80. The summed E-state index contributed by atoms with van der Waals surface area (Å²) in [6.07, 6.45) is 2.21. The SMILES string of the molecule is COC1CCC(NS(=O)(=O)c2cc(Br)c(F)cc2N)C1. The third kappa shape index (κ3) is 3.30. The summed E-state index contributed by atoms with van der Waals surface area (Å²) in [5, 5.41) is 0. The predicted molar refractivity (Wildman–Crippen MR) is 77.3 cm³/mol. The van der Waals surface area contributed by atoms with Crippen LogP contribution in [0.15, 0.2) is 21.5 Å². The molecule has 0 heterocycles. The van der Waals surface area contributed by atoms with E-state index in [1.54, 1.807) is 7.11 Å². The number of nitrogen functional groups attached to an aromatic ring is 1. The van der Waals surface area contributed by atoms with Crippen molar-refractivity contribution in [2.45, 2.75) is 36.3 Å². The van der Waals surface area contributed by atoms with E-state index in [0.29, 0.717) is 12.8 Å². The quantitative estimate of drug-likeness (QED) is 0.798. The van der Waals surface area contributed by atoms with E-state index in [1.165, 1.54) is 6.07 Å². The van der Waals surface area contributed by atoms with E-state index in [4.69, 9.17) is 10.5 Å². The van der Waals surface area contributed by atoms with Crippen LogP contribution in [0.1, 0.15) is 19.3 Å². The molecule has 2 unspecified atom stereocenters. The molecule has 1 aromatic rings. The third-order valence-electron chi connectivity index (χ3n) is 3.38. The number of methoxy groups -OCH3 is 1. The van der Waals surface area contributed by atoms with E-state index in [1.807, 2.05) is 0 Å². The fourth-order valence-corrected chi connectivity index (χ4v) is 4.24. The van der Waals surface area contributed by atoms with Crippen LogP contribution in [0.3, 0.4) is 0 Å². The lowest BCUT2D eigenvalue weighted by molar-refractivity contribution is 0.107. The second-order valence-corrected chi connectivity index (χ2v) is 7.33. The summed E-state index contributed by atoms with van der Waals surface area (Å²) in [7, 11) is -2.16. The predicted octanol–water partition coefficient (Wildman–Crippen LogP) is 2.02. The molecule has 0 bridgehead atoms. The van der Waals surface area contributed by atoms with Crippen molar-refractivity contribution in [2.24, 2.45) is 0 Å². The molecule has 0 spiro atoms. The lowest BCUT2D eigenvalue weighted by atomic mass is 10.3. The number of hydrogen-bond acceptors (Lipinski definition) is 4. The fraction of sp³-hybridized carbons (Fsp3) is 0.500. The topological polar surface area (TPSA) is 81.4 Å². The van der Waals surface area contributed by atoms with E-state index in [9.17, 15) is 12.8 Å². The molecule has 0 radical (unpaired) electrons. The summed E-state index contributed by atoms with van der Waals surface area (Å²) in [5.41, 5.74) is 5.49. The summed E-state index contributed by atoms with van der Waals surface area (Å²) in [4.78, 5) is -0.119. The molecule has 0 amide bonds. The molecule has 2 rings (SSSR count). The van der Waals surface area contributed by atoms with Crippen molar-refractivity contribution < 1.29 is 17.5 Å². The van der Waals surface area contributed by atoms with Gasteiger partial charge in [-0.25, -0.2) is 17.5 Å². The van der Waals surface area contributed by atoms with Crippen molar-refractivity contribution in [3.63, 3.8) is 0 Å². The van der Waals surface area contributed by atoms with Crippen LogP contribution in [0.25, 0.3) is 0 Å². The monoisotopic (exact) mass is 366 g/mol. The first kappa shape index (κ1) is 15.7. The van der Waals surface area contributed by atoms with Crippen molar-refractivity contribution in [3.05, 3.63) is 22.4 Å². The Morgan fingerprint density at radius 2 is 2.15 bits per heavy atom. The van der Waals surface area contributed by atoms with Gasteiger partial charge in [-0.15, -0.1) is 0 Å². The third-order valence-corrected chi connectivity index (χ3v) is 5.57. The van der Waals surface area contributed by atoms with Gasteiger partial charge in [0.1, 0.15) is 10.7 Å². The molecule has 2 atom stereocenters. The zero-order valence-corrected chi connectivity index (χ0v) is 13.3. The number of benzene rings is 1. The molecule has 0 aromatic heterocycles. The van der Waals surface area contributed by atoms with E-state index < -0.39 is 15.8 Å². The molecule has 112 valence electrons. The van der Waals surface area contributed by atoms with Gasteiger partial charge in [0.15, 0.2) is 0 Å². The van der Waals surface area contributed by atoms with Crippen LogP contribution in [0, 0.1) is 5.82 Å². The largest absolute Gasteiger partial charge is 0.398 e. The first-order chi connectivity index (χ1) is 9.33. The van der Waals surface area contributed by atoms with Gasteiger partial charge in [0.2, 0.25) is 10.0 Å². The van der Waals surface area contributed by atoms with Gasteiger partial charge < -0.3 is 10.5 Å². The molecule has 1 aromatic carbocycles. The van der Waals surface area contributed by atoms with Crippen LogP contribution in [-0.2, 0) is 14.8 Å². The minimum atomic E-state index is -3.77. The molecule has 5 nitrogen and oxygen atoms in total. The number of ether oxygens (including phenoxy) is 1. The number of rotatable bonds is 4. The molecule has 1 saturated carbocycles. The van der Waals surface area contributed by atoms with Crippen molar-refractivity contribution in [2.75, 3.05) is 12.8 Å². The van der Waals surface area contributed by atoms with Gasteiger partial charge in [-0.1, -0.05) is 0 Å². The highest BCUT2D eigenvalue weighted by Gasteiger charge is 2.29. The van der Waals surface area contributed by atoms with Crippen LogP contribution in [0.4, 0.5) is 10.1 Å². The Kier molecular flexibility index (Phi) is 4.68. The summed E-state index contributed by atoms with van der Waals surface area (Å²) >= 11 is 2.96. The number of sulfonamides is 1. The fourth-order valence-electron chi connectivity index (χ4n) is 2.32. The Bertz CT molecular complexity index is 609. The number of halogens is 2. The van der Waals surface area contributed by atoms with Gasteiger partial charge in [-0.05, 0) is 47.3 Å². The Morgan fingerprint density at radius 3 is 2.75 bits per heavy atom. The van der Waals surface area contributed by atoms with Crippen molar-refractivity contribution in [1.29, 1.82) is 0 Å². The van der Waals surface area contributed by atoms with Gasteiger partial charge in [0.25, 0.3) is 0 Å². The highest BCUT2D eigenvalue weighted by Crippen LogP contribution is 2.28.